The van der Waals surface area contributed by atoms with Gasteiger partial charge in [-0.3, -0.25) is 4.79 Å². The summed E-state index contributed by atoms with van der Waals surface area (Å²) in [5.41, 5.74) is 0.746. The normalized spacial score (nSPS) is 10.5. The highest BCUT2D eigenvalue weighted by Gasteiger charge is 2.07. The maximum atomic E-state index is 12.0. The van der Waals surface area contributed by atoms with Crippen molar-refractivity contribution in [2.24, 2.45) is 0 Å². The van der Waals surface area contributed by atoms with Crippen LogP contribution >= 0.6 is 31.9 Å². The lowest BCUT2D eigenvalue weighted by Gasteiger charge is -2.08. The number of nitrogens with one attached hydrogen (secondary N) is 1. The molecule has 0 atom stereocenters. The van der Waals surface area contributed by atoms with Gasteiger partial charge in [-0.2, -0.15) is 0 Å². The van der Waals surface area contributed by atoms with Crippen molar-refractivity contribution >= 4 is 37.7 Å². The molecule has 0 radical (unpaired) electrons. The minimum atomic E-state index is -0.112. The second-order valence-corrected chi connectivity index (χ2v) is 5.77. The third-order valence-electron chi connectivity index (χ3n) is 2.48. The molecule has 2 aromatic rings. The molecule has 0 aromatic carbocycles. The monoisotopic (exact) mass is 386 g/mol. The largest absolute Gasteiger partial charge is 0.373 e. The second-order valence-electron chi connectivity index (χ2n) is 4.00. The smallest absolute Gasteiger partial charge is 0.265 e. The molecule has 0 aliphatic rings. The number of hydrogen-bond donors (Lipinski definition) is 1. The summed E-state index contributed by atoms with van der Waals surface area (Å²) in [5, 5.41) is 2.97. The molecule has 19 heavy (non-hydrogen) atoms. The molecule has 100 valence electrons. The average molecular weight is 388 g/mol. The van der Waals surface area contributed by atoms with Crippen molar-refractivity contribution in [3.63, 3.8) is 0 Å². The van der Waals surface area contributed by atoms with Gasteiger partial charge in [0.25, 0.3) is 5.56 Å². The standard InChI is InChI=1S/C12H12Br2N4O/c1-7-3-10(15-2)17-11(16-7)6-18-5-8(13)4-9(14)12(18)19/h3-5H,6H2,1-2H3,(H,15,16,17). The minimum Gasteiger partial charge on any atom is -0.373 e. The van der Waals surface area contributed by atoms with Gasteiger partial charge in [-0.25, -0.2) is 9.97 Å². The quantitative estimate of drug-likeness (QED) is 0.879. The summed E-state index contributed by atoms with van der Waals surface area (Å²) in [5.74, 6) is 1.33. The topological polar surface area (TPSA) is 59.8 Å². The summed E-state index contributed by atoms with van der Waals surface area (Å²) in [6.07, 6.45) is 1.72. The number of halogens is 2. The number of nitrogens with zero attached hydrogens (tertiary/aromatic N) is 3. The van der Waals surface area contributed by atoms with Crippen molar-refractivity contribution in [3.05, 3.63) is 49.1 Å². The Balaban J connectivity index is 2.41. The summed E-state index contributed by atoms with van der Waals surface area (Å²) in [7, 11) is 1.80. The highest BCUT2D eigenvalue weighted by Crippen LogP contribution is 2.13. The van der Waals surface area contributed by atoms with Gasteiger partial charge in [-0.1, -0.05) is 0 Å². The zero-order chi connectivity index (χ0) is 14.0. The van der Waals surface area contributed by atoms with Crippen LogP contribution in [0.3, 0.4) is 0 Å². The van der Waals surface area contributed by atoms with Crippen LogP contribution in [-0.2, 0) is 6.54 Å². The van der Waals surface area contributed by atoms with Crippen LogP contribution in [0, 0.1) is 6.92 Å². The molecule has 2 heterocycles. The molecule has 0 unspecified atom stereocenters. The highest BCUT2D eigenvalue weighted by atomic mass is 79.9. The molecule has 0 aliphatic heterocycles. The Hall–Kier alpha value is -1.21. The first-order chi connectivity index (χ1) is 8.99. The summed E-state index contributed by atoms with van der Waals surface area (Å²) in [4.78, 5) is 20.7. The van der Waals surface area contributed by atoms with E-state index in [-0.39, 0.29) is 5.56 Å². The van der Waals surface area contributed by atoms with Gasteiger partial charge in [0.15, 0.2) is 5.82 Å². The Labute approximate surface area is 127 Å². The van der Waals surface area contributed by atoms with Crippen molar-refractivity contribution in [1.82, 2.24) is 14.5 Å². The fraction of sp³-hybridized carbons (Fsp3) is 0.250. The van der Waals surface area contributed by atoms with E-state index in [0.717, 1.165) is 16.0 Å². The molecular formula is C12H12Br2N4O. The van der Waals surface area contributed by atoms with Crippen molar-refractivity contribution < 1.29 is 0 Å². The molecule has 7 heteroatoms. The summed E-state index contributed by atoms with van der Waals surface area (Å²) < 4.78 is 2.88. The van der Waals surface area contributed by atoms with Crippen LogP contribution in [0.2, 0.25) is 0 Å². The zero-order valence-corrected chi connectivity index (χ0v) is 13.6. The Morgan fingerprint density at radius 2 is 2.05 bits per heavy atom. The fourth-order valence-electron chi connectivity index (χ4n) is 1.66. The van der Waals surface area contributed by atoms with E-state index in [1.54, 1.807) is 23.9 Å². The molecule has 0 saturated carbocycles. The van der Waals surface area contributed by atoms with E-state index in [2.05, 4.69) is 47.1 Å². The van der Waals surface area contributed by atoms with Crippen molar-refractivity contribution in [3.8, 4) is 0 Å². The highest BCUT2D eigenvalue weighted by molar-refractivity contribution is 9.11. The van der Waals surface area contributed by atoms with E-state index < -0.39 is 0 Å². The van der Waals surface area contributed by atoms with Crippen molar-refractivity contribution in [2.75, 3.05) is 12.4 Å². The minimum absolute atomic E-state index is 0.112. The van der Waals surface area contributed by atoms with Crippen LogP contribution in [0.4, 0.5) is 5.82 Å². The number of pyridine rings is 1. The van der Waals surface area contributed by atoms with Gasteiger partial charge in [0.2, 0.25) is 0 Å². The number of aromatic nitrogens is 3. The van der Waals surface area contributed by atoms with E-state index in [9.17, 15) is 4.79 Å². The summed E-state index contributed by atoms with van der Waals surface area (Å²) in [6.45, 7) is 2.22. The maximum absolute atomic E-state index is 12.0. The van der Waals surface area contributed by atoms with Crippen LogP contribution in [0.15, 0.2) is 32.1 Å². The number of aryl methyl sites for hydroxylation is 1. The second kappa shape index (κ2) is 5.83. The fourth-order valence-corrected chi connectivity index (χ4v) is 2.92. The van der Waals surface area contributed by atoms with Crippen molar-refractivity contribution in [2.45, 2.75) is 13.5 Å². The van der Waals surface area contributed by atoms with Gasteiger partial charge in [0.05, 0.1) is 11.0 Å². The third-order valence-corrected chi connectivity index (χ3v) is 3.48. The van der Waals surface area contributed by atoms with Crippen LogP contribution in [0.25, 0.3) is 0 Å². The predicted octanol–water partition coefficient (Wildman–Crippen LogP) is 2.56. The van der Waals surface area contributed by atoms with Crippen LogP contribution < -0.4 is 10.9 Å². The Bertz CT molecular complexity index is 669. The summed E-state index contributed by atoms with van der Waals surface area (Å²) in [6, 6.07) is 3.57. The maximum Gasteiger partial charge on any atom is 0.265 e. The van der Waals surface area contributed by atoms with E-state index in [1.165, 1.54) is 0 Å². The molecule has 0 spiro atoms. The molecule has 0 amide bonds. The SMILES string of the molecule is CNc1cc(C)nc(Cn2cc(Br)cc(Br)c2=O)n1. The Morgan fingerprint density at radius 3 is 2.74 bits per heavy atom. The van der Waals surface area contributed by atoms with Gasteiger partial charge in [-0.05, 0) is 44.8 Å². The molecule has 0 aliphatic carbocycles. The Morgan fingerprint density at radius 1 is 1.32 bits per heavy atom. The van der Waals surface area contributed by atoms with E-state index >= 15 is 0 Å². The molecule has 0 saturated heterocycles. The summed E-state index contributed by atoms with van der Waals surface area (Å²) >= 11 is 6.60. The van der Waals surface area contributed by atoms with E-state index in [1.807, 2.05) is 13.0 Å². The Kier molecular flexibility index (Phi) is 4.36. The lowest BCUT2D eigenvalue weighted by atomic mass is 10.4. The van der Waals surface area contributed by atoms with Gasteiger partial charge < -0.3 is 9.88 Å². The molecular weight excluding hydrogens is 376 g/mol. The first-order valence-electron chi connectivity index (χ1n) is 5.57. The number of hydrogen-bond acceptors (Lipinski definition) is 4. The molecule has 2 aromatic heterocycles. The van der Waals surface area contributed by atoms with Crippen molar-refractivity contribution in [1.29, 1.82) is 0 Å². The third kappa shape index (κ3) is 3.42. The van der Waals surface area contributed by atoms with Crippen LogP contribution in [0.5, 0.6) is 0 Å². The predicted molar refractivity (Wildman–Crippen MR) is 81.5 cm³/mol. The van der Waals surface area contributed by atoms with Crippen LogP contribution in [0.1, 0.15) is 11.5 Å². The molecule has 0 bridgehead atoms. The van der Waals surface area contributed by atoms with Gasteiger partial charge in [0.1, 0.15) is 5.82 Å². The van der Waals surface area contributed by atoms with Crippen LogP contribution in [-0.4, -0.2) is 21.6 Å². The van der Waals surface area contributed by atoms with E-state index in [4.69, 9.17) is 0 Å². The van der Waals surface area contributed by atoms with Gasteiger partial charge in [-0.15, -0.1) is 0 Å². The zero-order valence-electron chi connectivity index (χ0n) is 10.4. The lowest BCUT2D eigenvalue weighted by Crippen LogP contribution is -2.22. The van der Waals surface area contributed by atoms with Gasteiger partial charge in [0, 0.05) is 29.5 Å². The lowest BCUT2D eigenvalue weighted by molar-refractivity contribution is 0.706. The van der Waals surface area contributed by atoms with E-state index in [0.29, 0.717) is 16.8 Å². The first-order valence-corrected chi connectivity index (χ1v) is 7.16. The first kappa shape index (κ1) is 14.2. The number of rotatable bonds is 3. The van der Waals surface area contributed by atoms with Gasteiger partial charge >= 0.3 is 0 Å². The molecule has 5 nitrogen and oxygen atoms in total. The average Bonchev–Trinajstić information content (AvgIpc) is 2.34. The number of anilines is 1. The molecule has 0 fully saturated rings. The molecule has 2 rings (SSSR count). The molecule has 1 N–H and O–H groups in total.